The van der Waals surface area contributed by atoms with Crippen LogP contribution in [0.5, 0.6) is 5.75 Å². The Morgan fingerprint density at radius 1 is 1.00 bits per heavy atom. The molecule has 0 aromatic heterocycles. The highest BCUT2D eigenvalue weighted by Crippen LogP contribution is 2.44. The average molecular weight is 486 g/mol. The lowest BCUT2D eigenvalue weighted by Gasteiger charge is -2.38. The van der Waals surface area contributed by atoms with Crippen LogP contribution >= 0.6 is 11.8 Å². The molecule has 35 heavy (non-hydrogen) atoms. The van der Waals surface area contributed by atoms with E-state index >= 15 is 0 Å². The van der Waals surface area contributed by atoms with Gasteiger partial charge in [-0.1, -0.05) is 60.7 Å². The molecule has 1 fully saturated rings. The minimum absolute atomic E-state index is 0.206. The molecule has 3 aliphatic rings. The largest absolute Gasteiger partial charge is 0.493 e. The maximum atomic E-state index is 13.8. The summed E-state index contributed by atoms with van der Waals surface area (Å²) in [6, 6.07) is 24.1. The molecular formula is C27H23N3O4S. The second-order valence-corrected chi connectivity index (χ2v) is 9.85. The lowest BCUT2D eigenvalue weighted by molar-refractivity contribution is -0.135. The minimum Gasteiger partial charge on any atom is -0.493 e. The molecule has 3 aromatic rings. The van der Waals surface area contributed by atoms with Gasteiger partial charge in [0.25, 0.3) is 5.91 Å². The lowest BCUT2D eigenvalue weighted by Crippen LogP contribution is -2.49. The zero-order valence-electron chi connectivity index (χ0n) is 18.8. The van der Waals surface area contributed by atoms with Crippen molar-refractivity contribution in [3.05, 3.63) is 90.0 Å². The van der Waals surface area contributed by atoms with Crippen LogP contribution in [0.2, 0.25) is 0 Å². The Morgan fingerprint density at radius 3 is 2.60 bits per heavy atom. The SMILES string of the molecule is O=C1N[C@@]2(CCOc3ccccc32)C(=O)N1CC(=O)N1c2ccccc2SC[C@@H]1c1ccccc1. The quantitative estimate of drug-likeness (QED) is 0.566. The minimum atomic E-state index is -1.21. The number of hydrogen-bond donors (Lipinski definition) is 1. The first-order valence-corrected chi connectivity index (χ1v) is 12.5. The Hall–Kier alpha value is -3.78. The molecule has 8 heteroatoms. The van der Waals surface area contributed by atoms with Crippen LogP contribution in [0.1, 0.15) is 23.6 Å². The maximum absolute atomic E-state index is 13.8. The molecule has 0 radical (unpaired) electrons. The predicted molar refractivity (Wildman–Crippen MR) is 132 cm³/mol. The van der Waals surface area contributed by atoms with Crippen LogP contribution in [0.3, 0.4) is 0 Å². The Morgan fingerprint density at radius 2 is 1.74 bits per heavy atom. The molecule has 1 N–H and O–H groups in total. The number of para-hydroxylation sites is 2. The first kappa shape index (κ1) is 21.7. The molecule has 0 unspecified atom stereocenters. The molecule has 2 atom stereocenters. The van der Waals surface area contributed by atoms with Crippen molar-refractivity contribution in [2.24, 2.45) is 0 Å². The number of urea groups is 1. The van der Waals surface area contributed by atoms with Crippen LogP contribution in [0, 0.1) is 0 Å². The van der Waals surface area contributed by atoms with Gasteiger partial charge < -0.3 is 15.0 Å². The summed E-state index contributed by atoms with van der Waals surface area (Å²) in [5, 5.41) is 2.88. The monoisotopic (exact) mass is 485 g/mol. The van der Waals surface area contributed by atoms with Gasteiger partial charge in [0, 0.05) is 22.6 Å². The van der Waals surface area contributed by atoms with Crippen molar-refractivity contribution in [1.82, 2.24) is 10.2 Å². The van der Waals surface area contributed by atoms with E-state index in [2.05, 4.69) is 5.32 Å². The molecule has 176 valence electrons. The smallest absolute Gasteiger partial charge is 0.325 e. The molecule has 3 aromatic carbocycles. The van der Waals surface area contributed by atoms with Gasteiger partial charge in [-0.25, -0.2) is 4.79 Å². The third-order valence-electron chi connectivity index (χ3n) is 6.84. The van der Waals surface area contributed by atoms with Gasteiger partial charge in [0.15, 0.2) is 5.54 Å². The van der Waals surface area contributed by atoms with Crippen LogP contribution in [-0.2, 0) is 15.1 Å². The summed E-state index contributed by atoms with van der Waals surface area (Å²) in [5.41, 5.74) is 1.22. The molecule has 1 saturated heterocycles. The number of imide groups is 1. The molecule has 3 heterocycles. The van der Waals surface area contributed by atoms with E-state index in [1.54, 1.807) is 28.8 Å². The molecular weight excluding hydrogens is 462 g/mol. The van der Waals surface area contributed by atoms with Gasteiger partial charge in [-0.05, 0) is 23.8 Å². The summed E-state index contributed by atoms with van der Waals surface area (Å²) in [4.78, 5) is 44.4. The number of nitrogens with one attached hydrogen (secondary N) is 1. The number of benzene rings is 3. The number of carbonyl (C=O) groups is 3. The maximum Gasteiger partial charge on any atom is 0.325 e. The number of hydrogen-bond acceptors (Lipinski definition) is 5. The van der Waals surface area contributed by atoms with E-state index in [1.165, 1.54) is 0 Å². The number of amides is 4. The van der Waals surface area contributed by atoms with Gasteiger partial charge in [-0.15, -0.1) is 11.8 Å². The fourth-order valence-corrected chi connectivity index (χ4v) is 6.31. The number of rotatable bonds is 3. The molecule has 4 amide bonds. The number of fused-ring (bicyclic) bond motifs is 3. The molecule has 3 aliphatic heterocycles. The Kier molecular flexibility index (Phi) is 5.25. The van der Waals surface area contributed by atoms with E-state index in [9.17, 15) is 14.4 Å². The lowest BCUT2D eigenvalue weighted by atomic mass is 9.84. The predicted octanol–water partition coefficient (Wildman–Crippen LogP) is 4.10. The second kappa shape index (κ2) is 8.46. The highest BCUT2D eigenvalue weighted by Gasteiger charge is 2.55. The van der Waals surface area contributed by atoms with E-state index in [1.807, 2.05) is 66.7 Å². The van der Waals surface area contributed by atoms with E-state index in [4.69, 9.17) is 4.74 Å². The van der Waals surface area contributed by atoms with E-state index in [0.29, 0.717) is 30.1 Å². The Labute approximate surface area is 207 Å². The molecule has 7 nitrogen and oxygen atoms in total. The van der Waals surface area contributed by atoms with Crippen molar-refractivity contribution in [3.8, 4) is 5.75 Å². The van der Waals surface area contributed by atoms with E-state index in [-0.39, 0.29) is 18.5 Å². The second-order valence-electron chi connectivity index (χ2n) is 8.79. The summed E-state index contributed by atoms with van der Waals surface area (Å²) >= 11 is 1.70. The fraction of sp³-hybridized carbons (Fsp3) is 0.222. The van der Waals surface area contributed by atoms with Crippen molar-refractivity contribution >= 4 is 35.3 Å². The highest BCUT2D eigenvalue weighted by atomic mass is 32.2. The van der Waals surface area contributed by atoms with Gasteiger partial charge in [0.05, 0.1) is 18.3 Å². The van der Waals surface area contributed by atoms with Crippen molar-refractivity contribution in [1.29, 1.82) is 0 Å². The summed E-state index contributed by atoms with van der Waals surface area (Å²) in [6.07, 6.45) is 0.315. The summed E-state index contributed by atoms with van der Waals surface area (Å²) in [6.45, 7) is -0.0323. The van der Waals surface area contributed by atoms with Crippen molar-refractivity contribution in [3.63, 3.8) is 0 Å². The first-order valence-electron chi connectivity index (χ1n) is 11.5. The Bertz CT molecular complexity index is 1330. The summed E-state index contributed by atoms with van der Waals surface area (Å²) in [7, 11) is 0. The van der Waals surface area contributed by atoms with Crippen molar-refractivity contribution in [2.45, 2.75) is 22.9 Å². The van der Waals surface area contributed by atoms with Crippen LogP contribution < -0.4 is 15.0 Å². The number of thioether (sulfide) groups is 1. The van der Waals surface area contributed by atoms with Crippen molar-refractivity contribution in [2.75, 3.05) is 23.8 Å². The number of carbonyl (C=O) groups excluding carboxylic acids is 3. The van der Waals surface area contributed by atoms with Crippen LogP contribution in [0.15, 0.2) is 83.8 Å². The third kappa shape index (κ3) is 3.47. The molecule has 0 aliphatic carbocycles. The first-order chi connectivity index (χ1) is 17.1. The average Bonchev–Trinajstić information content (AvgIpc) is 3.13. The van der Waals surface area contributed by atoms with E-state index in [0.717, 1.165) is 21.0 Å². The fourth-order valence-electron chi connectivity index (χ4n) is 5.14. The van der Waals surface area contributed by atoms with Gasteiger partial charge in [-0.3, -0.25) is 14.5 Å². The molecule has 6 rings (SSSR count). The van der Waals surface area contributed by atoms with Crippen LogP contribution in [-0.4, -0.2) is 41.6 Å². The Balaban J connectivity index is 1.33. The molecule has 0 saturated carbocycles. The number of ether oxygens (including phenoxy) is 1. The summed E-state index contributed by atoms with van der Waals surface area (Å²) < 4.78 is 5.71. The normalized spacial score (nSPS) is 22.9. The van der Waals surface area contributed by atoms with Gasteiger partial charge in [0.1, 0.15) is 12.3 Å². The third-order valence-corrected chi connectivity index (χ3v) is 7.98. The number of nitrogens with zero attached hydrogens (tertiary/aromatic N) is 2. The van der Waals surface area contributed by atoms with Gasteiger partial charge in [0.2, 0.25) is 5.91 Å². The zero-order valence-corrected chi connectivity index (χ0v) is 19.7. The highest BCUT2D eigenvalue weighted by molar-refractivity contribution is 7.99. The van der Waals surface area contributed by atoms with Crippen LogP contribution in [0.4, 0.5) is 10.5 Å². The summed E-state index contributed by atoms with van der Waals surface area (Å²) in [5.74, 6) is 0.545. The molecule has 0 bridgehead atoms. The van der Waals surface area contributed by atoms with E-state index < -0.39 is 17.5 Å². The van der Waals surface area contributed by atoms with Crippen LogP contribution in [0.25, 0.3) is 0 Å². The van der Waals surface area contributed by atoms with Gasteiger partial charge >= 0.3 is 6.03 Å². The number of anilines is 1. The topological polar surface area (TPSA) is 79.0 Å². The standard InChI is InChI=1S/C27H23N3O4S/c31-24(30-20-11-5-7-13-23(20)35-17-21(30)18-8-2-1-3-9-18)16-29-25(32)27(28-26(29)33)14-15-34-22-12-6-4-10-19(22)27/h1-13,21H,14-17H2,(H,28,33)/t21-,27-/m1/s1. The molecule has 1 spiro atoms. The van der Waals surface area contributed by atoms with Gasteiger partial charge in [-0.2, -0.15) is 0 Å². The van der Waals surface area contributed by atoms with Crippen molar-refractivity contribution < 1.29 is 19.1 Å². The zero-order chi connectivity index (χ0) is 24.0.